The summed E-state index contributed by atoms with van der Waals surface area (Å²) in [5.74, 6) is 1.78. The number of fused-ring (bicyclic) bond motifs is 1. The lowest BCUT2D eigenvalue weighted by Crippen LogP contribution is -2.86. The van der Waals surface area contributed by atoms with Crippen molar-refractivity contribution >= 4 is 0 Å². The van der Waals surface area contributed by atoms with Crippen molar-refractivity contribution in [3.05, 3.63) is 23.3 Å². The number of rotatable bonds is 4. The van der Waals surface area contributed by atoms with E-state index in [0.717, 1.165) is 24.5 Å². The minimum atomic E-state index is 0.522. The quantitative estimate of drug-likeness (QED) is 0.863. The van der Waals surface area contributed by atoms with E-state index in [1.165, 1.54) is 11.1 Å². The minimum Gasteiger partial charge on any atom is -0.490 e. The summed E-state index contributed by atoms with van der Waals surface area (Å²) >= 11 is 0. The van der Waals surface area contributed by atoms with Gasteiger partial charge < -0.3 is 14.8 Å². The van der Waals surface area contributed by atoms with Crippen molar-refractivity contribution < 1.29 is 14.8 Å². The molecule has 0 saturated carbocycles. The Kier molecular flexibility index (Phi) is 3.89. The van der Waals surface area contributed by atoms with Gasteiger partial charge in [0.2, 0.25) is 0 Å². The van der Waals surface area contributed by atoms with Crippen molar-refractivity contribution in [1.29, 1.82) is 0 Å². The molecule has 0 aliphatic carbocycles. The van der Waals surface area contributed by atoms with E-state index in [0.29, 0.717) is 19.3 Å². The standard InChI is InChI=1S/C14H21NO2/c1-4-16-13-8-11-6-7-15-10(3)12(11)9-14(13)17-5-2/h8-10,15H,4-7H2,1-3H3/p+1/t10-/m0/s1. The first-order chi connectivity index (χ1) is 8.26. The SMILES string of the molecule is CCOc1cc2c(cc1OCC)[C@H](C)[NH2+]CC2. The molecule has 1 aromatic carbocycles. The van der Waals surface area contributed by atoms with E-state index in [4.69, 9.17) is 9.47 Å². The summed E-state index contributed by atoms with van der Waals surface area (Å²) in [4.78, 5) is 0. The van der Waals surface area contributed by atoms with Crippen molar-refractivity contribution in [3.8, 4) is 11.5 Å². The number of nitrogens with two attached hydrogens (primary N) is 1. The second-order valence-corrected chi connectivity index (χ2v) is 4.43. The molecule has 1 aliphatic rings. The number of benzene rings is 1. The zero-order valence-electron chi connectivity index (χ0n) is 11.0. The third kappa shape index (κ3) is 2.55. The number of ether oxygens (including phenoxy) is 2. The number of quaternary nitrogens is 1. The molecule has 0 saturated heterocycles. The summed E-state index contributed by atoms with van der Waals surface area (Å²) in [6, 6.07) is 4.84. The van der Waals surface area contributed by atoms with E-state index in [-0.39, 0.29) is 0 Å². The molecule has 1 aliphatic heterocycles. The van der Waals surface area contributed by atoms with Gasteiger partial charge in [0.15, 0.2) is 11.5 Å². The van der Waals surface area contributed by atoms with Gasteiger partial charge in [0, 0.05) is 12.0 Å². The molecule has 3 nitrogen and oxygen atoms in total. The normalized spacial score (nSPS) is 18.6. The van der Waals surface area contributed by atoms with Crippen molar-refractivity contribution in [1.82, 2.24) is 0 Å². The van der Waals surface area contributed by atoms with Crippen LogP contribution in [0.5, 0.6) is 11.5 Å². The van der Waals surface area contributed by atoms with Gasteiger partial charge in [0.05, 0.1) is 19.8 Å². The third-order valence-electron chi connectivity index (χ3n) is 3.23. The van der Waals surface area contributed by atoms with E-state index < -0.39 is 0 Å². The topological polar surface area (TPSA) is 35.1 Å². The molecule has 0 fully saturated rings. The van der Waals surface area contributed by atoms with Crippen molar-refractivity contribution in [2.75, 3.05) is 19.8 Å². The molecule has 17 heavy (non-hydrogen) atoms. The molecule has 2 rings (SSSR count). The molecular formula is C14H22NO2+. The predicted octanol–water partition coefficient (Wildman–Crippen LogP) is 1.66. The van der Waals surface area contributed by atoms with E-state index in [9.17, 15) is 0 Å². The third-order valence-corrected chi connectivity index (χ3v) is 3.23. The summed E-state index contributed by atoms with van der Waals surface area (Å²) in [5.41, 5.74) is 2.80. The Morgan fingerprint density at radius 3 is 2.47 bits per heavy atom. The first kappa shape index (κ1) is 12.2. The zero-order valence-corrected chi connectivity index (χ0v) is 11.0. The highest BCUT2D eigenvalue weighted by Crippen LogP contribution is 2.34. The van der Waals surface area contributed by atoms with Crippen LogP contribution in [0.2, 0.25) is 0 Å². The van der Waals surface area contributed by atoms with Gasteiger partial charge in [-0.15, -0.1) is 0 Å². The smallest absolute Gasteiger partial charge is 0.161 e. The number of hydrogen-bond donors (Lipinski definition) is 1. The van der Waals surface area contributed by atoms with Gasteiger partial charge >= 0.3 is 0 Å². The molecule has 0 bridgehead atoms. The fourth-order valence-corrected chi connectivity index (χ4v) is 2.41. The van der Waals surface area contributed by atoms with Crippen LogP contribution < -0.4 is 14.8 Å². The van der Waals surface area contributed by atoms with Crippen LogP contribution in [0.25, 0.3) is 0 Å². The molecule has 0 unspecified atom stereocenters. The van der Waals surface area contributed by atoms with Crippen molar-refractivity contribution in [3.63, 3.8) is 0 Å². The molecule has 0 aromatic heterocycles. The molecule has 1 heterocycles. The fourth-order valence-electron chi connectivity index (χ4n) is 2.41. The Bertz CT molecular complexity index is 390. The summed E-state index contributed by atoms with van der Waals surface area (Å²) < 4.78 is 11.3. The first-order valence-corrected chi connectivity index (χ1v) is 6.52. The molecule has 0 amide bonds. The van der Waals surface area contributed by atoms with Gasteiger partial charge in [-0.3, -0.25) is 0 Å². The Hall–Kier alpha value is -1.22. The second kappa shape index (κ2) is 5.41. The summed E-state index contributed by atoms with van der Waals surface area (Å²) in [6.07, 6.45) is 1.12. The van der Waals surface area contributed by atoms with Gasteiger partial charge in [0.25, 0.3) is 0 Å². The van der Waals surface area contributed by atoms with Crippen LogP contribution in [0, 0.1) is 0 Å². The second-order valence-electron chi connectivity index (χ2n) is 4.43. The van der Waals surface area contributed by atoms with E-state index >= 15 is 0 Å². The highest BCUT2D eigenvalue weighted by Gasteiger charge is 2.22. The molecule has 2 N–H and O–H groups in total. The highest BCUT2D eigenvalue weighted by molar-refractivity contribution is 5.48. The van der Waals surface area contributed by atoms with Crippen LogP contribution in [-0.4, -0.2) is 19.8 Å². The minimum absolute atomic E-state index is 0.522. The monoisotopic (exact) mass is 236 g/mol. The molecule has 1 atom stereocenters. The molecule has 94 valence electrons. The highest BCUT2D eigenvalue weighted by atomic mass is 16.5. The maximum atomic E-state index is 5.67. The Morgan fingerprint density at radius 2 is 1.82 bits per heavy atom. The molecule has 3 heteroatoms. The Balaban J connectivity index is 2.39. The Morgan fingerprint density at radius 1 is 1.18 bits per heavy atom. The average Bonchev–Trinajstić information content (AvgIpc) is 2.32. The van der Waals surface area contributed by atoms with Crippen molar-refractivity contribution in [2.24, 2.45) is 0 Å². The lowest BCUT2D eigenvalue weighted by atomic mass is 9.94. The maximum Gasteiger partial charge on any atom is 0.161 e. The molecule has 0 spiro atoms. The van der Waals surface area contributed by atoms with Crippen molar-refractivity contribution in [2.45, 2.75) is 33.2 Å². The number of hydrogen-bond acceptors (Lipinski definition) is 2. The average molecular weight is 236 g/mol. The van der Waals surface area contributed by atoms with Crippen LogP contribution in [-0.2, 0) is 6.42 Å². The van der Waals surface area contributed by atoms with Gasteiger partial charge in [-0.2, -0.15) is 0 Å². The van der Waals surface area contributed by atoms with E-state index in [1.807, 2.05) is 13.8 Å². The van der Waals surface area contributed by atoms with Crippen LogP contribution in [0.15, 0.2) is 12.1 Å². The molecular weight excluding hydrogens is 214 g/mol. The predicted molar refractivity (Wildman–Crippen MR) is 67.7 cm³/mol. The summed E-state index contributed by atoms with van der Waals surface area (Å²) in [7, 11) is 0. The van der Waals surface area contributed by atoms with Crippen LogP contribution in [0.4, 0.5) is 0 Å². The molecule has 0 radical (unpaired) electrons. The fraction of sp³-hybridized carbons (Fsp3) is 0.571. The largest absolute Gasteiger partial charge is 0.490 e. The van der Waals surface area contributed by atoms with E-state index in [1.54, 1.807) is 0 Å². The van der Waals surface area contributed by atoms with Crippen LogP contribution in [0.3, 0.4) is 0 Å². The Labute approximate surface area is 103 Å². The van der Waals surface area contributed by atoms with Gasteiger partial charge in [-0.25, -0.2) is 0 Å². The van der Waals surface area contributed by atoms with Gasteiger partial charge in [-0.1, -0.05) is 0 Å². The lowest BCUT2D eigenvalue weighted by molar-refractivity contribution is -0.695. The van der Waals surface area contributed by atoms with Crippen LogP contribution in [0.1, 0.15) is 37.9 Å². The van der Waals surface area contributed by atoms with Crippen LogP contribution >= 0.6 is 0 Å². The maximum absolute atomic E-state index is 5.67. The lowest BCUT2D eigenvalue weighted by Gasteiger charge is -2.23. The zero-order chi connectivity index (χ0) is 12.3. The van der Waals surface area contributed by atoms with E-state index in [2.05, 4.69) is 24.4 Å². The van der Waals surface area contributed by atoms with Gasteiger partial charge in [-0.05, 0) is 38.5 Å². The van der Waals surface area contributed by atoms with Gasteiger partial charge in [0.1, 0.15) is 6.04 Å². The first-order valence-electron chi connectivity index (χ1n) is 6.52. The summed E-state index contributed by atoms with van der Waals surface area (Å²) in [5, 5.41) is 2.37. The summed E-state index contributed by atoms with van der Waals surface area (Å²) in [6.45, 7) is 8.77. The molecule has 1 aromatic rings.